The third-order valence-electron chi connectivity index (χ3n) is 3.03. The van der Waals surface area contributed by atoms with Gasteiger partial charge in [0.25, 0.3) is 10.2 Å². The van der Waals surface area contributed by atoms with Gasteiger partial charge in [0.2, 0.25) is 0 Å². The molecule has 0 spiro atoms. The number of halogens is 1. The maximum absolute atomic E-state index is 11.9. The van der Waals surface area contributed by atoms with Crippen LogP contribution in [0.2, 0.25) is 0 Å². The third-order valence-corrected chi connectivity index (χ3v) is 4.71. The monoisotopic (exact) mass is 269 g/mol. The largest absolute Gasteiger partial charge is 0.315 e. The van der Waals surface area contributed by atoms with E-state index >= 15 is 0 Å². The van der Waals surface area contributed by atoms with Gasteiger partial charge < -0.3 is 5.32 Å². The van der Waals surface area contributed by atoms with Crippen molar-refractivity contribution in [3.05, 3.63) is 0 Å². The van der Waals surface area contributed by atoms with Crippen LogP contribution < -0.4 is 10.0 Å². The zero-order chi connectivity index (χ0) is 10.7. The quantitative estimate of drug-likeness (QED) is 0.764. The molecule has 2 fully saturated rings. The molecule has 2 aliphatic heterocycles. The Labute approximate surface area is 104 Å². The lowest BCUT2D eigenvalue weighted by atomic mass is 10.2. The summed E-state index contributed by atoms with van der Waals surface area (Å²) in [6, 6.07) is 0.0805. The summed E-state index contributed by atoms with van der Waals surface area (Å²) in [6.07, 6.45) is 4.03. The predicted molar refractivity (Wildman–Crippen MR) is 66.0 cm³/mol. The number of nitrogens with one attached hydrogen (secondary N) is 2. The van der Waals surface area contributed by atoms with Gasteiger partial charge in [-0.2, -0.15) is 17.4 Å². The molecule has 0 radical (unpaired) electrons. The van der Waals surface area contributed by atoms with Crippen LogP contribution in [-0.2, 0) is 10.2 Å². The molecule has 2 saturated heterocycles. The second-order valence-electron chi connectivity index (χ2n) is 4.27. The van der Waals surface area contributed by atoms with Crippen LogP contribution in [0.5, 0.6) is 0 Å². The summed E-state index contributed by atoms with van der Waals surface area (Å²) < 4.78 is 28.2. The molecule has 0 saturated carbocycles. The molecule has 2 N–H and O–H groups in total. The van der Waals surface area contributed by atoms with Gasteiger partial charge in [0, 0.05) is 25.7 Å². The lowest BCUT2D eigenvalue weighted by molar-refractivity contribution is 0.339. The van der Waals surface area contributed by atoms with Crippen LogP contribution in [-0.4, -0.2) is 44.9 Å². The van der Waals surface area contributed by atoms with Crippen LogP contribution in [0, 0.1) is 0 Å². The normalized spacial score (nSPS) is 27.6. The first kappa shape index (κ1) is 14.2. The third kappa shape index (κ3) is 3.56. The Hall–Kier alpha value is 0.120. The Bertz CT molecular complexity index is 298. The van der Waals surface area contributed by atoms with Crippen molar-refractivity contribution in [2.75, 3.05) is 26.2 Å². The molecule has 5 nitrogen and oxygen atoms in total. The van der Waals surface area contributed by atoms with E-state index in [2.05, 4.69) is 10.0 Å². The summed E-state index contributed by atoms with van der Waals surface area (Å²) in [4.78, 5) is 0. The lowest BCUT2D eigenvalue weighted by Crippen LogP contribution is -2.47. The van der Waals surface area contributed by atoms with Gasteiger partial charge >= 0.3 is 0 Å². The van der Waals surface area contributed by atoms with Crippen molar-refractivity contribution < 1.29 is 8.42 Å². The summed E-state index contributed by atoms with van der Waals surface area (Å²) in [5.74, 6) is 0. The molecule has 0 amide bonds. The predicted octanol–water partition coefficient (Wildman–Crippen LogP) is 0.0904. The molecule has 1 unspecified atom stereocenters. The summed E-state index contributed by atoms with van der Waals surface area (Å²) in [6.45, 7) is 3.02. The standard InChI is InChI=1S/C9H19N3O2S.ClH/c13-15(14,11-9-4-5-10-8-9)12-6-2-1-3-7-12;/h9-11H,1-8H2;1H. The SMILES string of the molecule is Cl.O=S(=O)(NC1CCNC1)N1CCCCC1. The van der Waals surface area contributed by atoms with E-state index in [9.17, 15) is 8.42 Å². The Morgan fingerprint density at radius 2 is 1.88 bits per heavy atom. The van der Waals surface area contributed by atoms with Crippen molar-refractivity contribution in [2.45, 2.75) is 31.7 Å². The molecule has 96 valence electrons. The van der Waals surface area contributed by atoms with Crippen molar-refractivity contribution in [3.63, 3.8) is 0 Å². The number of rotatable bonds is 3. The van der Waals surface area contributed by atoms with Crippen LogP contribution in [0.3, 0.4) is 0 Å². The van der Waals surface area contributed by atoms with Crippen molar-refractivity contribution in [3.8, 4) is 0 Å². The fraction of sp³-hybridized carbons (Fsp3) is 1.00. The molecule has 1 atom stereocenters. The molecule has 0 aromatic rings. The maximum Gasteiger partial charge on any atom is 0.279 e. The molecular weight excluding hydrogens is 250 g/mol. The molecule has 2 rings (SSSR count). The summed E-state index contributed by atoms with van der Waals surface area (Å²) in [7, 11) is -3.22. The average molecular weight is 270 g/mol. The van der Waals surface area contributed by atoms with E-state index in [1.54, 1.807) is 4.31 Å². The number of piperidine rings is 1. The van der Waals surface area contributed by atoms with Gasteiger partial charge in [-0.1, -0.05) is 6.42 Å². The highest BCUT2D eigenvalue weighted by Gasteiger charge is 2.27. The van der Waals surface area contributed by atoms with Gasteiger partial charge in [-0.3, -0.25) is 0 Å². The zero-order valence-electron chi connectivity index (χ0n) is 9.31. The zero-order valence-corrected chi connectivity index (χ0v) is 10.9. The Morgan fingerprint density at radius 3 is 2.44 bits per heavy atom. The van der Waals surface area contributed by atoms with Crippen LogP contribution >= 0.6 is 12.4 Å². The van der Waals surface area contributed by atoms with Crippen LogP contribution in [0.1, 0.15) is 25.7 Å². The average Bonchev–Trinajstić information content (AvgIpc) is 2.71. The minimum atomic E-state index is -3.22. The number of nitrogens with zero attached hydrogens (tertiary/aromatic N) is 1. The Kier molecular flexibility index (Phi) is 5.46. The van der Waals surface area contributed by atoms with Crippen molar-refractivity contribution in [1.29, 1.82) is 0 Å². The van der Waals surface area contributed by atoms with Crippen LogP contribution in [0.4, 0.5) is 0 Å². The molecule has 0 aromatic heterocycles. The van der Waals surface area contributed by atoms with Gasteiger partial charge in [-0.15, -0.1) is 12.4 Å². The molecule has 2 aliphatic rings. The minimum absolute atomic E-state index is 0. The molecule has 0 bridgehead atoms. The number of hydrogen-bond acceptors (Lipinski definition) is 3. The number of hydrogen-bond donors (Lipinski definition) is 2. The van der Waals surface area contributed by atoms with Crippen molar-refractivity contribution >= 4 is 22.6 Å². The van der Waals surface area contributed by atoms with E-state index < -0.39 is 10.2 Å². The van der Waals surface area contributed by atoms with E-state index in [-0.39, 0.29) is 18.4 Å². The van der Waals surface area contributed by atoms with Gasteiger partial charge in [0.05, 0.1) is 0 Å². The second-order valence-corrected chi connectivity index (χ2v) is 5.97. The Morgan fingerprint density at radius 1 is 1.19 bits per heavy atom. The molecular formula is C9H20ClN3O2S. The highest BCUT2D eigenvalue weighted by molar-refractivity contribution is 7.87. The smallest absolute Gasteiger partial charge is 0.279 e. The first-order valence-electron chi connectivity index (χ1n) is 5.66. The fourth-order valence-corrected chi connectivity index (χ4v) is 3.66. The fourth-order valence-electron chi connectivity index (χ4n) is 2.15. The lowest BCUT2D eigenvalue weighted by Gasteiger charge is -2.27. The van der Waals surface area contributed by atoms with Crippen LogP contribution in [0.15, 0.2) is 0 Å². The maximum atomic E-state index is 11.9. The van der Waals surface area contributed by atoms with Gasteiger partial charge in [-0.25, -0.2) is 0 Å². The van der Waals surface area contributed by atoms with Crippen LogP contribution in [0.25, 0.3) is 0 Å². The van der Waals surface area contributed by atoms with E-state index in [4.69, 9.17) is 0 Å². The molecule has 2 heterocycles. The molecule has 0 aromatic carbocycles. The molecule has 7 heteroatoms. The highest BCUT2D eigenvalue weighted by atomic mass is 35.5. The summed E-state index contributed by atoms with van der Waals surface area (Å²) in [5.41, 5.74) is 0. The second kappa shape index (κ2) is 6.16. The van der Waals surface area contributed by atoms with Crippen molar-refractivity contribution in [2.24, 2.45) is 0 Å². The first-order valence-corrected chi connectivity index (χ1v) is 7.10. The van der Waals surface area contributed by atoms with E-state index in [0.717, 1.165) is 38.8 Å². The first-order chi connectivity index (χ1) is 7.18. The van der Waals surface area contributed by atoms with Gasteiger partial charge in [0.15, 0.2) is 0 Å². The summed E-state index contributed by atoms with van der Waals surface area (Å²) >= 11 is 0. The van der Waals surface area contributed by atoms with E-state index in [1.807, 2.05) is 0 Å². The van der Waals surface area contributed by atoms with E-state index in [1.165, 1.54) is 0 Å². The van der Waals surface area contributed by atoms with Crippen molar-refractivity contribution in [1.82, 2.24) is 14.3 Å². The van der Waals surface area contributed by atoms with Gasteiger partial charge in [-0.05, 0) is 25.8 Å². The highest BCUT2D eigenvalue weighted by Crippen LogP contribution is 2.13. The van der Waals surface area contributed by atoms with Gasteiger partial charge in [0.1, 0.15) is 0 Å². The topological polar surface area (TPSA) is 61.4 Å². The molecule has 16 heavy (non-hydrogen) atoms. The Balaban J connectivity index is 0.00000128. The molecule has 0 aliphatic carbocycles. The minimum Gasteiger partial charge on any atom is -0.315 e. The summed E-state index contributed by atoms with van der Waals surface area (Å²) in [5, 5.41) is 3.15. The van der Waals surface area contributed by atoms with E-state index in [0.29, 0.717) is 13.1 Å².